The van der Waals surface area contributed by atoms with Crippen LogP contribution in [0.1, 0.15) is 49.9 Å². The van der Waals surface area contributed by atoms with Gasteiger partial charge >= 0.3 is 0 Å². The fourth-order valence-electron chi connectivity index (χ4n) is 2.05. The maximum atomic E-state index is 11.4. The molecule has 0 saturated carbocycles. The van der Waals surface area contributed by atoms with Crippen LogP contribution in [0.15, 0.2) is 12.1 Å². The van der Waals surface area contributed by atoms with Gasteiger partial charge in [-0.3, -0.25) is 19.2 Å². The number of hydrogen-bond acceptors (Lipinski definition) is 8. The minimum Gasteiger partial charge on any atom is -0.288 e. The predicted octanol–water partition coefficient (Wildman–Crippen LogP) is 4.81. The smallest absolute Gasteiger partial charge is 0.186 e. The van der Waals surface area contributed by atoms with Crippen LogP contribution in [-0.4, -0.2) is 20.5 Å². The molecule has 142 valence electrons. The summed E-state index contributed by atoms with van der Waals surface area (Å²) in [5.74, 6) is 2.12. The van der Waals surface area contributed by atoms with Crippen LogP contribution in [0.3, 0.4) is 0 Å². The summed E-state index contributed by atoms with van der Waals surface area (Å²) in [6, 6.07) is 4.02. The lowest BCUT2D eigenvalue weighted by Gasteiger charge is -2.15. The molecule has 1 aromatic rings. The van der Waals surface area contributed by atoms with Gasteiger partial charge in [0.15, 0.2) is 20.5 Å². The Hall–Kier alpha value is -0.700. The second-order valence-electron chi connectivity index (χ2n) is 5.51. The fraction of sp³-hybridized carbons (Fsp3) is 0.444. The third-order valence-corrected chi connectivity index (χ3v) is 6.69. The van der Waals surface area contributed by atoms with Crippen molar-refractivity contribution >= 4 is 67.5 Å². The van der Waals surface area contributed by atoms with E-state index in [-0.39, 0.29) is 20.5 Å². The average Bonchev–Trinajstić information content (AvgIpc) is 2.54. The van der Waals surface area contributed by atoms with Crippen LogP contribution < -0.4 is 0 Å². The predicted molar refractivity (Wildman–Crippen MR) is 114 cm³/mol. The van der Waals surface area contributed by atoms with E-state index in [2.05, 4.69) is 0 Å². The molecule has 0 spiro atoms. The van der Waals surface area contributed by atoms with Gasteiger partial charge in [-0.05, 0) is 22.3 Å². The lowest BCUT2D eigenvalue weighted by atomic mass is 10.0. The van der Waals surface area contributed by atoms with E-state index in [0.717, 1.165) is 22.3 Å². The Bertz CT molecular complexity index is 586. The normalized spacial score (nSPS) is 10.6. The van der Waals surface area contributed by atoms with E-state index < -0.39 is 0 Å². The van der Waals surface area contributed by atoms with E-state index >= 15 is 0 Å². The molecule has 4 nitrogen and oxygen atoms in total. The van der Waals surface area contributed by atoms with E-state index in [1.54, 1.807) is 0 Å². The highest BCUT2D eigenvalue weighted by Gasteiger charge is 2.14. The summed E-state index contributed by atoms with van der Waals surface area (Å²) in [5, 5.41) is 0.133. The van der Waals surface area contributed by atoms with Gasteiger partial charge in [-0.2, -0.15) is 0 Å². The second kappa shape index (κ2) is 11.9. The van der Waals surface area contributed by atoms with Crippen molar-refractivity contribution < 1.29 is 19.2 Å². The van der Waals surface area contributed by atoms with Gasteiger partial charge in [0.2, 0.25) is 0 Å². The maximum Gasteiger partial charge on any atom is 0.186 e. The molecule has 0 aliphatic heterocycles. The van der Waals surface area contributed by atoms with Crippen LogP contribution in [0, 0.1) is 0 Å². The van der Waals surface area contributed by atoms with Gasteiger partial charge < -0.3 is 0 Å². The Labute approximate surface area is 171 Å². The summed E-state index contributed by atoms with van der Waals surface area (Å²) in [6.07, 6.45) is 0. The molecule has 0 unspecified atom stereocenters. The van der Waals surface area contributed by atoms with Crippen LogP contribution in [-0.2, 0) is 42.2 Å². The van der Waals surface area contributed by atoms with Gasteiger partial charge in [0.05, 0.1) is 0 Å². The van der Waals surface area contributed by atoms with Crippen LogP contribution in [0.4, 0.5) is 0 Å². The highest BCUT2D eigenvalue weighted by molar-refractivity contribution is 8.13. The van der Waals surface area contributed by atoms with Crippen molar-refractivity contribution in [3.05, 3.63) is 34.4 Å². The molecule has 8 heteroatoms. The molecular weight excluding hydrogens is 408 g/mol. The Morgan fingerprint density at radius 1 is 0.538 bits per heavy atom. The molecule has 0 aromatic heterocycles. The fourth-order valence-corrected chi connectivity index (χ4v) is 4.56. The molecule has 0 aliphatic carbocycles. The van der Waals surface area contributed by atoms with E-state index in [1.807, 2.05) is 12.1 Å². The van der Waals surface area contributed by atoms with Gasteiger partial charge in [0.25, 0.3) is 0 Å². The van der Waals surface area contributed by atoms with Crippen molar-refractivity contribution in [1.29, 1.82) is 0 Å². The maximum absolute atomic E-state index is 11.4. The molecular formula is C18H22O4S4. The molecule has 0 N–H and O–H groups in total. The molecule has 1 aromatic carbocycles. The molecule has 0 fully saturated rings. The van der Waals surface area contributed by atoms with E-state index in [0.29, 0.717) is 23.0 Å². The zero-order valence-corrected chi connectivity index (χ0v) is 18.5. The SMILES string of the molecule is CC(=O)SCc1cc(CSC(C)=O)c(CSC(C)=O)cc1CSC(C)=O. The summed E-state index contributed by atoms with van der Waals surface area (Å²) in [5.41, 5.74) is 3.98. The number of rotatable bonds is 8. The molecule has 0 bridgehead atoms. The zero-order chi connectivity index (χ0) is 19.7. The molecule has 0 aliphatic rings. The summed E-state index contributed by atoms with van der Waals surface area (Å²) in [6.45, 7) is 6.11. The van der Waals surface area contributed by atoms with Crippen LogP contribution in [0.2, 0.25) is 0 Å². The van der Waals surface area contributed by atoms with Gasteiger partial charge in [-0.1, -0.05) is 59.2 Å². The second-order valence-corrected chi connectivity index (χ2v) is 10.1. The van der Waals surface area contributed by atoms with Crippen molar-refractivity contribution in [1.82, 2.24) is 0 Å². The van der Waals surface area contributed by atoms with Gasteiger partial charge in [-0.25, -0.2) is 0 Å². The van der Waals surface area contributed by atoms with Crippen LogP contribution >= 0.6 is 47.0 Å². The first kappa shape index (κ1) is 23.3. The number of carbonyl (C=O) groups excluding carboxylic acids is 4. The monoisotopic (exact) mass is 430 g/mol. The van der Waals surface area contributed by atoms with Gasteiger partial charge in [-0.15, -0.1) is 0 Å². The summed E-state index contributed by atoms with van der Waals surface area (Å²) in [4.78, 5) is 45.4. The minimum atomic E-state index is 0.0334. The third-order valence-electron chi connectivity index (χ3n) is 3.25. The Morgan fingerprint density at radius 3 is 0.885 bits per heavy atom. The Balaban J connectivity index is 3.22. The van der Waals surface area contributed by atoms with Gasteiger partial charge in [0, 0.05) is 50.7 Å². The third kappa shape index (κ3) is 9.30. The minimum absolute atomic E-state index is 0.0334. The van der Waals surface area contributed by atoms with Gasteiger partial charge in [0.1, 0.15) is 0 Å². The molecule has 0 saturated heterocycles. The summed E-state index contributed by atoms with van der Waals surface area (Å²) in [7, 11) is 0. The molecule has 0 amide bonds. The molecule has 0 heterocycles. The van der Waals surface area contributed by atoms with E-state index in [4.69, 9.17) is 0 Å². The first-order valence-electron chi connectivity index (χ1n) is 7.86. The quantitative estimate of drug-likeness (QED) is 0.582. The zero-order valence-electron chi connectivity index (χ0n) is 15.2. The van der Waals surface area contributed by atoms with E-state index in [1.165, 1.54) is 74.7 Å². The largest absolute Gasteiger partial charge is 0.288 e. The molecule has 26 heavy (non-hydrogen) atoms. The highest BCUT2D eigenvalue weighted by atomic mass is 32.2. The van der Waals surface area contributed by atoms with Crippen LogP contribution in [0.5, 0.6) is 0 Å². The number of thioether (sulfide) groups is 4. The number of hydrogen-bond donors (Lipinski definition) is 0. The van der Waals surface area contributed by atoms with Crippen molar-refractivity contribution in [2.45, 2.75) is 50.7 Å². The van der Waals surface area contributed by atoms with Crippen LogP contribution in [0.25, 0.3) is 0 Å². The summed E-state index contributed by atoms with van der Waals surface area (Å²) < 4.78 is 0. The number of benzene rings is 1. The molecule has 0 radical (unpaired) electrons. The number of carbonyl (C=O) groups is 4. The highest BCUT2D eigenvalue weighted by Crippen LogP contribution is 2.30. The Morgan fingerprint density at radius 2 is 0.731 bits per heavy atom. The average molecular weight is 431 g/mol. The van der Waals surface area contributed by atoms with Crippen molar-refractivity contribution in [2.24, 2.45) is 0 Å². The lowest BCUT2D eigenvalue weighted by molar-refractivity contribution is -0.109. The standard InChI is InChI=1S/C18H22O4S4/c1-11(19)23-7-15-5-17(9-25-13(3)21)18(10-26-14(4)22)6-16(15)8-24-12(2)20/h5-6H,7-10H2,1-4H3. The van der Waals surface area contributed by atoms with Crippen molar-refractivity contribution in [3.63, 3.8) is 0 Å². The molecule has 1 rings (SSSR count). The van der Waals surface area contributed by atoms with Crippen molar-refractivity contribution in [3.8, 4) is 0 Å². The first-order chi connectivity index (χ1) is 12.2. The molecule has 0 atom stereocenters. The van der Waals surface area contributed by atoms with Crippen molar-refractivity contribution in [2.75, 3.05) is 0 Å². The topological polar surface area (TPSA) is 68.3 Å². The summed E-state index contributed by atoms with van der Waals surface area (Å²) >= 11 is 4.90. The first-order valence-corrected chi connectivity index (χ1v) is 11.8. The lowest BCUT2D eigenvalue weighted by Crippen LogP contribution is -2.02. The van der Waals surface area contributed by atoms with E-state index in [9.17, 15) is 19.2 Å². The Kier molecular flexibility index (Phi) is 10.7.